The maximum Gasteiger partial charge on any atom is 0.250 e. The second kappa shape index (κ2) is 8.78. The average Bonchev–Trinajstić information content (AvgIpc) is 2.79. The van der Waals surface area contributed by atoms with Gasteiger partial charge in [-0.25, -0.2) is 9.97 Å². The Labute approximate surface area is 187 Å². The van der Waals surface area contributed by atoms with Crippen molar-refractivity contribution >= 4 is 23.5 Å². The summed E-state index contributed by atoms with van der Waals surface area (Å²) >= 11 is 0. The zero-order valence-electron chi connectivity index (χ0n) is 18.9. The van der Waals surface area contributed by atoms with Gasteiger partial charge in [0.25, 0.3) is 0 Å². The molecule has 0 radical (unpaired) electrons. The molecule has 1 atom stereocenters. The van der Waals surface area contributed by atoms with Gasteiger partial charge in [-0.05, 0) is 37.6 Å². The van der Waals surface area contributed by atoms with Crippen molar-refractivity contribution in [1.82, 2.24) is 19.9 Å². The van der Waals surface area contributed by atoms with Gasteiger partial charge in [0.1, 0.15) is 11.6 Å². The zero-order chi connectivity index (χ0) is 22.8. The van der Waals surface area contributed by atoms with E-state index >= 15 is 0 Å². The molecule has 1 fully saturated rings. The molecular formula is C23H28N8O. The molecule has 1 unspecified atom stereocenters. The van der Waals surface area contributed by atoms with Gasteiger partial charge >= 0.3 is 0 Å². The van der Waals surface area contributed by atoms with Crippen molar-refractivity contribution in [2.75, 3.05) is 48.4 Å². The first-order chi connectivity index (χ1) is 15.3. The second-order valence-electron chi connectivity index (χ2n) is 8.26. The molecule has 3 aromatic heterocycles. The average molecular weight is 433 g/mol. The summed E-state index contributed by atoms with van der Waals surface area (Å²) in [6, 6.07) is 7.96. The fourth-order valence-corrected chi connectivity index (χ4v) is 3.96. The first kappa shape index (κ1) is 21.5. The number of aryl methyl sites for hydroxylation is 1. The highest BCUT2D eigenvalue weighted by Gasteiger charge is 2.27. The smallest absolute Gasteiger partial charge is 0.250 e. The fraction of sp³-hybridized carbons (Fsp3) is 0.348. The molecule has 1 amide bonds. The predicted octanol–water partition coefficient (Wildman–Crippen LogP) is 2.12. The lowest BCUT2D eigenvalue weighted by atomic mass is 10.1. The Hall–Kier alpha value is -3.75. The maximum atomic E-state index is 11.4. The molecule has 9 nitrogen and oxygen atoms in total. The first-order valence-electron chi connectivity index (χ1n) is 10.6. The van der Waals surface area contributed by atoms with E-state index in [4.69, 9.17) is 15.7 Å². The Balaban J connectivity index is 1.60. The minimum absolute atomic E-state index is 0.205. The molecular weight excluding hydrogens is 404 g/mol. The van der Waals surface area contributed by atoms with E-state index in [0.717, 1.165) is 48.1 Å². The van der Waals surface area contributed by atoms with Crippen molar-refractivity contribution in [3.05, 3.63) is 54.0 Å². The van der Waals surface area contributed by atoms with Crippen LogP contribution in [0.5, 0.6) is 0 Å². The summed E-state index contributed by atoms with van der Waals surface area (Å²) < 4.78 is 0. The zero-order valence-corrected chi connectivity index (χ0v) is 18.9. The third-order valence-corrected chi connectivity index (χ3v) is 5.63. The van der Waals surface area contributed by atoms with E-state index in [9.17, 15) is 4.79 Å². The van der Waals surface area contributed by atoms with Gasteiger partial charge in [0.2, 0.25) is 11.9 Å². The highest BCUT2D eigenvalue weighted by Crippen LogP contribution is 2.28. The quantitative estimate of drug-likeness (QED) is 0.654. The Morgan fingerprint density at radius 1 is 1.16 bits per heavy atom. The number of primary amides is 1. The third kappa shape index (κ3) is 4.32. The van der Waals surface area contributed by atoms with Crippen LogP contribution in [-0.4, -0.2) is 65.6 Å². The van der Waals surface area contributed by atoms with Crippen molar-refractivity contribution in [3.63, 3.8) is 0 Å². The predicted molar refractivity (Wildman–Crippen MR) is 126 cm³/mol. The van der Waals surface area contributed by atoms with E-state index in [1.807, 2.05) is 44.1 Å². The minimum Gasteiger partial charge on any atom is -0.366 e. The van der Waals surface area contributed by atoms with Crippen LogP contribution in [0, 0.1) is 6.92 Å². The molecule has 0 saturated carbocycles. The molecule has 32 heavy (non-hydrogen) atoms. The molecule has 2 N–H and O–H groups in total. The molecule has 0 aliphatic carbocycles. The van der Waals surface area contributed by atoms with Crippen LogP contribution in [0.15, 0.2) is 42.9 Å². The van der Waals surface area contributed by atoms with Crippen molar-refractivity contribution in [2.45, 2.75) is 19.9 Å². The lowest BCUT2D eigenvalue weighted by Crippen LogP contribution is -2.53. The van der Waals surface area contributed by atoms with Gasteiger partial charge in [-0.2, -0.15) is 4.98 Å². The van der Waals surface area contributed by atoms with E-state index in [2.05, 4.69) is 26.7 Å². The van der Waals surface area contributed by atoms with Crippen LogP contribution in [0.1, 0.15) is 22.8 Å². The van der Waals surface area contributed by atoms with Crippen LogP contribution in [0.4, 0.5) is 17.6 Å². The van der Waals surface area contributed by atoms with Crippen molar-refractivity contribution < 1.29 is 4.79 Å². The summed E-state index contributed by atoms with van der Waals surface area (Å²) in [5.74, 6) is 1.99. The number of nitrogens with zero attached hydrogens (tertiary/aromatic N) is 7. The number of nitrogens with two attached hydrogens (primary N) is 1. The van der Waals surface area contributed by atoms with Gasteiger partial charge in [0, 0.05) is 70.0 Å². The summed E-state index contributed by atoms with van der Waals surface area (Å²) in [5.41, 5.74) is 8.64. The van der Waals surface area contributed by atoms with Crippen molar-refractivity contribution in [1.29, 1.82) is 0 Å². The normalized spacial score (nSPS) is 16.2. The topological polar surface area (TPSA) is 104 Å². The van der Waals surface area contributed by atoms with Gasteiger partial charge in [-0.15, -0.1) is 0 Å². The molecule has 3 aromatic rings. The number of pyridine rings is 2. The molecule has 0 spiro atoms. The summed E-state index contributed by atoms with van der Waals surface area (Å²) in [7, 11) is 3.89. The first-order valence-corrected chi connectivity index (χ1v) is 10.6. The van der Waals surface area contributed by atoms with Gasteiger partial charge in [0.05, 0.1) is 11.3 Å². The van der Waals surface area contributed by atoms with Gasteiger partial charge < -0.3 is 20.4 Å². The van der Waals surface area contributed by atoms with Gasteiger partial charge in [0.15, 0.2) is 0 Å². The number of aromatic nitrogens is 4. The van der Waals surface area contributed by atoms with E-state index < -0.39 is 5.91 Å². The van der Waals surface area contributed by atoms with Crippen LogP contribution in [-0.2, 0) is 0 Å². The molecule has 4 rings (SSSR count). The molecule has 1 aliphatic heterocycles. The highest BCUT2D eigenvalue weighted by molar-refractivity contribution is 5.92. The molecule has 0 aromatic carbocycles. The number of rotatable bonds is 5. The molecule has 4 heterocycles. The highest BCUT2D eigenvalue weighted by atomic mass is 16.1. The Bertz CT molecular complexity index is 1120. The van der Waals surface area contributed by atoms with E-state index in [-0.39, 0.29) is 6.04 Å². The molecule has 0 bridgehead atoms. The van der Waals surface area contributed by atoms with Crippen molar-refractivity contribution in [3.8, 4) is 11.3 Å². The Morgan fingerprint density at radius 3 is 2.53 bits per heavy atom. The van der Waals surface area contributed by atoms with Crippen LogP contribution >= 0.6 is 0 Å². The number of piperazine rings is 1. The largest absolute Gasteiger partial charge is 0.366 e. The van der Waals surface area contributed by atoms with E-state index in [1.165, 1.54) is 0 Å². The maximum absolute atomic E-state index is 11.4. The SMILES string of the molecule is Cc1cc(C(N)=O)cnc1N1CCN(c2cc(-c3ccncc3)nc(N(C)C)n2)C(C)C1. The summed E-state index contributed by atoms with van der Waals surface area (Å²) in [4.78, 5) is 36.1. The molecule has 9 heteroatoms. The molecule has 166 valence electrons. The number of hydrogen-bond acceptors (Lipinski definition) is 8. The number of carbonyl (C=O) groups is 1. The van der Waals surface area contributed by atoms with Crippen molar-refractivity contribution in [2.24, 2.45) is 5.73 Å². The van der Waals surface area contributed by atoms with E-state index in [1.54, 1.807) is 24.7 Å². The third-order valence-electron chi connectivity index (χ3n) is 5.63. The minimum atomic E-state index is -0.462. The Morgan fingerprint density at radius 2 is 1.91 bits per heavy atom. The summed E-state index contributed by atoms with van der Waals surface area (Å²) in [5, 5.41) is 0. The van der Waals surface area contributed by atoms with Crippen LogP contribution in [0.3, 0.4) is 0 Å². The van der Waals surface area contributed by atoms with Crippen LogP contribution in [0.25, 0.3) is 11.3 Å². The summed E-state index contributed by atoms with van der Waals surface area (Å²) in [6.07, 6.45) is 5.09. The van der Waals surface area contributed by atoms with Gasteiger partial charge in [-0.1, -0.05) is 0 Å². The number of carbonyl (C=O) groups excluding carboxylic acids is 1. The monoisotopic (exact) mass is 432 g/mol. The lowest BCUT2D eigenvalue weighted by Gasteiger charge is -2.41. The number of anilines is 3. The second-order valence-corrected chi connectivity index (χ2v) is 8.26. The van der Waals surface area contributed by atoms with E-state index in [0.29, 0.717) is 11.5 Å². The Kier molecular flexibility index (Phi) is 5.89. The number of amides is 1. The van der Waals surface area contributed by atoms with Crippen LogP contribution in [0.2, 0.25) is 0 Å². The lowest BCUT2D eigenvalue weighted by molar-refractivity contribution is 0.1000. The van der Waals surface area contributed by atoms with Crippen LogP contribution < -0.4 is 20.4 Å². The molecule has 1 aliphatic rings. The molecule has 1 saturated heterocycles. The standard InChI is InChI=1S/C23H28N8O/c1-15-11-18(21(24)32)13-26-22(15)30-9-10-31(16(2)14-30)20-12-19(17-5-7-25-8-6-17)27-23(28-20)29(3)4/h5-8,11-13,16H,9-10,14H2,1-4H3,(H2,24,32). The summed E-state index contributed by atoms with van der Waals surface area (Å²) in [6.45, 7) is 6.51. The number of hydrogen-bond donors (Lipinski definition) is 1. The van der Waals surface area contributed by atoms with Gasteiger partial charge in [-0.3, -0.25) is 9.78 Å². The fourth-order valence-electron chi connectivity index (χ4n) is 3.96.